The molecule has 1 rings (SSSR count). The van der Waals surface area contributed by atoms with Crippen LogP contribution in [0.4, 0.5) is 0 Å². The topological polar surface area (TPSA) is 0 Å². The van der Waals surface area contributed by atoms with E-state index in [4.69, 9.17) is 11.6 Å². The highest BCUT2D eigenvalue weighted by Gasteiger charge is 2.30. The van der Waals surface area contributed by atoms with Crippen LogP contribution in [0.15, 0.2) is 34.9 Å². The van der Waals surface area contributed by atoms with E-state index in [1.54, 1.807) is 0 Å². The van der Waals surface area contributed by atoms with Crippen LogP contribution in [0.2, 0.25) is 0 Å². The highest BCUT2D eigenvalue weighted by molar-refractivity contribution is 6.31. The summed E-state index contributed by atoms with van der Waals surface area (Å²) in [7, 11) is 0. The van der Waals surface area contributed by atoms with Gasteiger partial charge in [-0.2, -0.15) is 0 Å². The SMILES string of the molecule is CC(C)C(C1=C(Cl)C=CCC=C1)C(C)(C)C. The third-order valence-electron chi connectivity index (χ3n) is 3.04. The van der Waals surface area contributed by atoms with Gasteiger partial charge < -0.3 is 0 Å². The van der Waals surface area contributed by atoms with Gasteiger partial charge in [-0.05, 0) is 35.3 Å². The van der Waals surface area contributed by atoms with E-state index < -0.39 is 0 Å². The lowest BCUT2D eigenvalue weighted by molar-refractivity contribution is 0.220. The van der Waals surface area contributed by atoms with Crippen LogP contribution < -0.4 is 0 Å². The first-order valence-electron chi connectivity index (χ1n) is 6.06. The van der Waals surface area contributed by atoms with Gasteiger partial charge in [0, 0.05) is 5.03 Å². The summed E-state index contributed by atoms with van der Waals surface area (Å²) in [5.41, 5.74) is 1.53. The highest BCUT2D eigenvalue weighted by Crippen LogP contribution is 2.40. The minimum absolute atomic E-state index is 0.242. The number of hydrogen-bond acceptors (Lipinski definition) is 0. The fourth-order valence-electron chi connectivity index (χ4n) is 2.70. The Morgan fingerprint density at radius 2 is 1.69 bits per heavy atom. The third-order valence-corrected chi connectivity index (χ3v) is 3.39. The van der Waals surface area contributed by atoms with Crippen molar-refractivity contribution in [2.75, 3.05) is 0 Å². The molecule has 0 saturated heterocycles. The smallest absolute Gasteiger partial charge is 0.0437 e. The normalized spacial score (nSPS) is 19.2. The van der Waals surface area contributed by atoms with Crippen molar-refractivity contribution in [3.8, 4) is 0 Å². The maximum absolute atomic E-state index is 6.37. The van der Waals surface area contributed by atoms with Gasteiger partial charge in [-0.1, -0.05) is 64.4 Å². The molecule has 0 heterocycles. The van der Waals surface area contributed by atoms with Crippen molar-refractivity contribution < 1.29 is 0 Å². The monoisotopic (exact) mass is 238 g/mol. The lowest BCUT2D eigenvalue weighted by atomic mass is 9.70. The Morgan fingerprint density at radius 3 is 2.19 bits per heavy atom. The highest BCUT2D eigenvalue weighted by atomic mass is 35.5. The van der Waals surface area contributed by atoms with E-state index in [2.05, 4.69) is 52.8 Å². The molecule has 0 saturated carbocycles. The molecular weight excluding hydrogens is 216 g/mol. The summed E-state index contributed by atoms with van der Waals surface area (Å²) in [6, 6.07) is 0. The molecule has 0 radical (unpaired) electrons. The van der Waals surface area contributed by atoms with Gasteiger partial charge in [0.15, 0.2) is 0 Å². The van der Waals surface area contributed by atoms with Crippen LogP contribution in [0.5, 0.6) is 0 Å². The summed E-state index contributed by atoms with van der Waals surface area (Å²) in [6.07, 6.45) is 9.54. The average molecular weight is 239 g/mol. The molecule has 0 N–H and O–H groups in total. The molecule has 0 aromatic heterocycles. The number of rotatable bonds is 2. The second-order valence-corrected chi connectivity index (χ2v) is 6.34. The maximum Gasteiger partial charge on any atom is 0.0437 e. The van der Waals surface area contributed by atoms with E-state index in [1.807, 2.05) is 6.08 Å². The predicted octanol–water partition coefficient (Wildman–Crippen LogP) is 5.31. The van der Waals surface area contributed by atoms with E-state index in [1.165, 1.54) is 5.57 Å². The van der Waals surface area contributed by atoms with Gasteiger partial charge in [0.05, 0.1) is 0 Å². The van der Waals surface area contributed by atoms with Gasteiger partial charge in [0.25, 0.3) is 0 Å². The van der Waals surface area contributed by atoms with Crippen molar-refractivity contribution >= 4 is 11.6 Å². The molecule has 1 atom stereocenters. The standard InChI is InChI=1S/C15H23Cl/c1-11(2)14(15(3,4)5)12-9-7-6-8-10-13(12)16/h7-11,14H,6H2,1-5H3. The van der Waals surface area contributed by atoms with Crippen molar-refractivity contribution in [3.63, 3.8) is 0 Å². The molecule has 0 fully saturated rings. The summed E-state index contributed by atoms with van der Waals surface area (Å²) in [6.45, 7) is 11.4. The van der Waals surface area contributed by atoms with Crippen molar-refractivity contribution in [3.05, 3.63) is 34.9 Å². The number of halogens is 1. The molecule has 0 aromatic carbocycles. The van der Waals surface area contributed by atoms with Gasteiger partial charge in [0.1, 0.15) is 0 Å². The van der Waals surface area contributed by atoms with E-state index in [9.17, 15) is 0 Å². The zero-order valence-electron chi connectivity index (χ0n) is 11.0. The Kier molecular flexibility index (Phi) is 4.43. The lowest BCUT2D eigenvalue weighted by Crippen LogP contribution is -2.27. The molecule has 0 aromatic rings. The second kappa shape index (κ2) is 5.23. The van der Waals surface area contributed by atoms with Crippen LogP contribution in [-0.2, 0) is 0 Å². The quantitative estimate of drug-likeness (QED) is 0.611. The molecule has 1 aliphatic rings. The van der Waals surface area contributed by atoms with Crippen molar-refractivity contribution in [2.45, 2.75) is 41.0 Å². The van der Waals surface area contributed by atoms with Gasteiger partial charge in [-0.25, -0.2) is 0 Å². The van der Waals surface area contributed by atoms with Gasteiger partial charge >= 0.3 is 0 Å². The second-order valence-electron chi connectivity index (χ2n) is 5.93. The molecule has 90 valence electrons. The first kappa shape index (κ1) is 13.6. The molecule has 0 spiro atoms. The Morgan fingerprint density at radius 1 is 1.12 bits per heavy atom. The fraction of sp³-hybridized carbons (Fsp3) is 0.600. The Labute approximate surface area is 105 Å². The van der Waals surface area contributed by atoms with E-state index in [0.29, 0.717) is 11.8 Å². The van der Waals surface area contributed by atoms with Gasteiger partial charge in [-0.15, -0.1) is 0 Å². The Balaban J connectivity index is 3.17. The molecule has 0 nitrogen and oxygen atoms in total. The van der Waals surface area contributed by atoms with Gasteiger partial charge in [0.2, 0.25) is 0 Å². The van der Waals surface area contributed by atoms with Gasteiger partial charge in [-0.3, -0.25) is 0 Å². The first-order chi connectivity index (χ1) is 7.34. The summed E-state index contributed by atoms with van der Waals surface area (Å²) in [5.74, 6) is 1.10. The fourth-order valence-corrected chi connectivity index (χ4v) is 2.97. The van der Waals surface area contributed by atoms with Crippen molar-refractivity contribution in [1.29, 1.82) is 0 Å². The van der Waals surface area contributed by atoms with Crippen LogP contribution in [-0.4, -0.2) is 0 Å². The summed E-state index contributed by atoms with van der Waals surface area (Å²) in [4.78, 5) is 0. The zero-order valence-corrected chi connectivity index (χ0v) is 11.8. The third kappa shape index (κ3) is 3.25. The maximum atomic E-state index is 6.37. The minimum atomic E-state index is 0.242. The predicted molar refractivity (Wildman–Crippen MR) is 73.6 cm³/mol. The first-order valence-corrected chi connectivity index (χ1v) is 6.44. The summed E-state index contributed by atoms with van der Waals surface area (Å²) in [5, 5.41) is 0.905. The Bertz CT molecular complexity index is 324. The van der Waals surface area contributed by atoms with E-state index >= 15 is 0 Å². The summed E-state index contributed by atoms with van der Waals surface area (Å²) < 4.78 is 0. The largest absolute Gasteiger partial charge is 0.0840 e. The molecule has 1 unspecified atom stereocenters. The molecule has 1 heteroatoms. The average Bonchev–Trinajstić information content (AvgIpc) is 2.29. The number of hydrogen-bond donors (Lipinski definition) is 0. The minimum Gasteiger partial charge on any atom is -0.0840 e. The molecule has 16 heavy (non-hydrogen) atoms. The molecule has 0 bridgehead atoms. The van der Waals surface area contributed by atoms with E-state index in [-0.39, 0.29) is 5.41 Å². The molecule has 0 amide bonds. The van der Waals surface area contributed by atoms with Crippen LogP contribution in [0.3, 0.4) is 0 Å². The van der Waals surface area contributed by atoms with Crippen LogP contribution >= 0.6 is 11.6 Å². The molecule has 0 aliphatic heterocycles. The number of allylic oxidation sites excluding steroid dienone is 6. The molecule has 1 aliphatic carbocycles. The van der Waals surface area contributed by atoms with Crippen LogP contribution in [0, 0.1) is 17.3 Å². The zero-order chi connectivity index (χ0) is 12.3. The molecular formula is C15H23Cl. The van der Waals surface area contributed by atoms with Crippen LogP contribution in [0.25, 0.3) is 0 Å². The lowest BCUT2D eigenvalue weighted by Gasteiger charge is -2.35. The van der Waals surface area contributed by atoms with E-state index in [0.717, 1.165) is 11.5 Å². The van der Waals surface area contributed by atoms with Crippen LogP contribution in [0.1, 0.15) is 41.0 Å². The Hall–Kier alpha value is -0.490. The van der Waals surface area contributed by atoms with Crippen molar-refractivity contribution in [2.24, 2.45) is 17.3 Å². The summed E-state index contributed by atoms with van der Waals surface area (Å²) >= 11 is 6.37. The van der Waals surface area contributed by atoms with Crippen molar-refractivity contribution in [1.82, 2.24) is 0 Å².